The molecular formula is C23H26F5N3O3. The largest absolute Gasteiger partial charge is 0.489 e. The van der Waals surface area contributed by atoms with E-state index in [1.165, 1.54) is 0 Å². The number of carbonyl (C=O) groups is 1. The molecule has 2 aromatic rings. The van der Waals surface area contributed by atoms with Gasteiger partial charge >= 0.3 is 0 Å². The van der Waals surface area contributed by atoms with Gasteiger partial charge in [-0.1, -0.05) is 19.1 Å². The fourth-order valence-corrected chi connectivity index (χ4v) is 3.56. The topological polar surface area (TPSA) is 64.5 Å². The highest BCUT2D eigenvalue weighted by molar-refractivity contribution is 5.85. The zero-order valence-corrected chi connectivity index (χ0v) is 18.8. The summed E-state index contributed by atoms with van der Waals surface area (Å²) >= 11 is 0. The molecule has 2 atom stereocenters. The Morgan fingerprint density at radius 2 is 1.94 bits per heavy atom. The number of hydrogen-bond donors (Lipinski definition) is 0. The van der Waals surface area contributed by atoms with Crippen LogP contribution in [-0.2, 0) is 4.79 Å². The molecule has 1 aliphatic rings. The molecule has 3 rings (SSSR count). The first-order valence-corrected chi connectivity index (χ1v) is 10.9. The van der Waals surface area contributed by atoms with Crippen molar-refractivity contribution in [3.8, 4) is 11.6 Å². The van der Waals surface area contributed by atoms with E-state index in [2.05, 4.69) is 9.97 Å². The average molecular weight is 487 g/mol. The Balaban J connectivity index is 1.57. The zero-order chi connectivity index (χ0) is 24.9. The maximum Gasteiger partial charge on any atom is 0.278 e. The van der Waals surface area contributed by atoms with Crippen molar-refractivity contribution >= 4 is 11.6 Å². The van der Waals surface area contributed by atoms with Crippen molar-refractivity contribution in [2.45, 2.75) is 57.5 Å². The first-order chi connectivity index (χ1) is 16.0. The van der Waals surface area contributed by atoms with Gasteiger partial charge in [0.2, 0.25) is 12.2 Å². The monoisotopic (exact) mass is 487 g/mol. The third-order valence-corrected chi connectivity index (χ3v) is 5.42. The smallest absolute Gasteiger partial charge is 0.278 e. The van der Waals surface area contributed by atoms with Gasteiger partial charge in [0.05, 0.1) is 6.54 Å². The highest BCUT2D eigenvalue weighted by atomic mass is 19.3. The highest BCUT2D eigenvalue weighted by Gasteiger charge is 2.30. The van der Waals surface area contributed by atoms with Crippen LogP contribution in [-0.4, -0.2) is 53.9 Å². The number of Topliss-reactive ketones (excluding diaryl/α,β-unsaturated/α-hetero) is 1. The van der Waals surface area contributed by atoms with E-state index < -0.39 is 43.0 Å². The maximum atomic E-state index is 14.7. The molecule has 2 heterocycles. The number of nitrogens with zero attached hydrogens (tertiary/aromatic N) is 3. The summed E-state index contributed by atoms with van der Waals surface area (Å²) < 4.78 is 76.1. The summed E-state index contributed by atoms with van der Waals surface area (Å²) in [5.41, 5.74) is 0.702. The van der Waals surface area contributed by atoms with Crippen LogP contribution in [0.5, 0.6) is 11.6 Å². The summed E-state index contributed by atoms with van der Waals surface area (Å²) in [6, 6.07) is 6.81. The fraction of sp³-hybridized carbons (Fsp3) is 0.522. The number of ether oxygens (including phenoxy) is 2. The van der Waals surface area contributed by atoms with Gasteiger partial charge in [-0.25, -0.2) is 22.5 Å². The fourth-order valence-electron chi connectivity index (χ4n) is 3.56. The highest BCUT2D eigenvalue weighted by Crippen LogP contribution is 2.29. The Kier molecular flexibility index (Phi) is 8.27. The molecule has 0 aliphatic carbocycles. The lowest BCUT2D eigenvalue weighted by Crippen LogP contribution is -2.27. The second-order valence-corrected chi connectivity index (χ2v) is 8.34. The van der Waals surface area contributed by atoms with Gasteiger partial charge < -0.3 is 14.4 Å². The van der Waals surface area contributed by atoms with Crippen LogP contribution in [0.2, 0.25) is 0 Å². The molecule has 11 heteroatoms. The molecule has 0 bridgehead atoms. The summed E-state index contributed by atoms with van der Waals surface area (Å²) in [4.78, 5) is 21.2. The number of alkyl halides is 4. The SMILES string of the molecule is CC(C(=O)CCC(F)F)c1ccc(OC2CCN(c3ncnc(OCC(C)(F)F)c3F)C2)cc1. The minimum absolute atomic E-state index is 0.0537. The normalized spacial score (nSPS) is 17.2. The van der Waals surface area contributed by atoms with Gasteiger partial charge in [0, 0.05) is 38.6 Å². The van der Waals surface area contributed by atoms with Crippen LogP contribution < -0.4 is 14.4 Å². The van der Waals surface area contributed by atoms with Crippen LogP contribution in [0, 0.1) is 5.82 Å². The Morgan fingerprint density at radius 1 is 1.24 bits per heavy atom. The maximum absolute atomic E-state index is 14.7. The van der Waals surface area contributed by atoms with Crippen molar-refractivity contribution in [2.75, 3.05) is 24.6 Å². The van der Waals surface area contributed by atoms with Crippen molar-refractivity contribution in [1.82, 2.24) is 9.97 Å². The molecule has 1 aliphatic heterocycles. The van der Waals surface area contributed by atoms with E-state index in [1.807, 2.05) is 0 Å². The first-order valence-electron chi connectivity index (χ1n) is 10.9. The third kappa shape index (κ3) is 7.01. The molecule has 34 heavy (non-hydrogen) atoms. The van der Waals surface area contributed by atoms with Gasteiger partial charge in [0.1, 0.15) is 24.0 Å². The van der Waals surface area contributed by atoms with Gasteiger partial charge in [0.15, 0.2) is 12.4 Å². The van der Waals surface area contributed by atoms with E-state index in [4.69, 9.17) is 9.47 Å². The van der Waals surface area contributed by atoms with Crippen molar-refractivity contribution in [1.29, 1.82) is 0 Å². The van der Waals surface area contributed by atoms with Crippen LogP contribution >= 0.6 is 0 Å². The Hall–Kier alpha value is -2.98. The lowest BCUT2D eigenvalue weighted by Gasteiger charge is -2.20. The molecule has 1 fully saturated rings. The summed E-state index contributed by atoms with van der Waals surface area (Å²) in [5.74, 6) is -4.85. The molecule has 0 saturated carbocycles. The molecular weight excluding hydrogens is 461 g/mol. The minimum atomic E-state index is -3.13. The van der Waals surface area contributed by atoms with Crippen LogP contribution in [0.25, 0.3) is 0 Å². The van der Waals surface area contributed by atoms with E-state index in [-0.39, 0.29) is 24.1 Å². The number of aromatic nitrogens is 2. The van der Waals surface area contributed by atoms with Gasteiger partial charge in [-0.05, 0) is 17.7 Å². The van der Waals surface area contributed by atoms with Crippen molar-refractivity contribution < 1.29 is 36.2 Å². The van der Waals surface area contributed by atoms with Gasteiger partial charge in [-0.15, -0.1) is 0 Å². The predicted octanol–water partition coefficient (Wildman–Crippen LogP) is 5.03. The summed E-state index contributed by atoms with van der Waals surface area (Å²) in [7, 11) is 0. The van der Waals surface area contributed by atoms with E-state index in [9.17, 15) is 26.7 Å². The molecule has 2 unspecified atom stereocenters. The van der Waals surface area contributed by atoms with Crippen molar-refractivity contribution in [3.63, 3.8) is 0 Å². The molecule has 0 N–H and O–H groups in total. The van der Waals surface area contributed by atoms with Gasteiger partial charge in [-0.3, -0.25) is 4.79 Å². The number of halogens is 5. The standard InChI is InChI=1S/C23H26F5N3O3/c1-14(18(32)7-8-19(24)25)15-3-5-16(6-4-15)34-17-9-10-31(11-17)21-20(26)22(30-13-29-21)33-12-23(2,27)28/h3-6,13-14,17,19H,7-12H2,1-2H3. The van der Waals surface area contributed by atoms with E-state index in [1.54, 1.807) is 36.1 Å². The Morgan fingerprint density at radius 3 is 2.59 bits per heavy atom. The molecule has 1 aromatic heterocycles. The lowest BCUT2D eigenvalue weighted by atomic mass is 9.94. The first kappa shape index (κ1) is 25.6. The van der Waals surface area contributed by atoms with Crippen molar-refractivity contribution in [3.05, 3.63) is 42.0 Å². The Bertz CT molecular complexity index is 969. The van der Waals surface area contributed by atoms with Gasteiger partial charge in [-0.2, -0.15) is 9.37 Å². The van der Waals surface area contributed by atoms with Crippen LogP contribution in [0.15, 0.2) is 30.6 Å². The number of anilines is 1. The molecule has 0 radical (unpaired) electrons. The second-order valence-electron chi connectivity index (χ2n) is 8.34. The molecule has 1 aromatic carbocycles. The summed E-state index contributed by atoms with van der Waals surface area (Å²) in [6.07, 6.45) is -1.80. The zero-order valence-electron chi connectivity index (χ0n) is 18.8. The van der Waals surface area contributed by atoms with Gasteiger partial charge in [0.25, 0.3) is 11.8 Å². The van der Waals surface area contributed by atoms with Crippen molar-refractivity contribution in [2.24, 2.45) is 0 Å². The quantitative estimate of drug-likeness (QED) is 0.415. The third-order valence-electron chi connectivity index (χ3n) is 5.42. The summed E-state index contributed by atoms with van der Waals surface area (Å²) in [5, 5.41) is 0. The Labute approximate surface area is 194 Å². The number of carbonyl (C=O) groups excluding carboxylic acids is 1. The molecule has 1 saturated heterocycles. The summed E-state index contributed by atoms with van der Waals surface area (Å²) in [6.45, 7) is 2.07. The van der Waals surface area contributed by atoms with Crippen LogP contribution in [0.1, 0.15) is 44.6 Å². The number of benzene rings is 1. The van der Waals surface area contributed by atoms with Crippen LogP contribution in [0.4, 0.5) is 27.8 Å². The molecule has 6 nitrogen and oxygen atoms in total. The number of hydrogen-bond acceptors (Lipinski definition) is 6. The van der Waals surface area contributed by atoms with E-state index >= 15 is 0 Å². The molecule has 186 valence electrons. The molecule has 0 amide bonds. The lowest BCUT2D eigenvalue weighted by molar-refractivity contribution is -0.120. The van der Waals surface area contributed by atoms with Crippen LogP contribution in [0.3, 0.4) is 0 Å². The predicted molar refractivity (Wildman–Crippen MR) is 114 cm³/mol. The number of ketones is 1. The van der Waals surface area contributed by atoms with E-state index in [0.717, 1.165) is 6.33 Å². The number of rotatable bonds is 11. The van der Waals surface area contributed by atoms with E-state index in [0.29, 0.717) is 37.7 Å². The average Bonchev–Trinajstić information content (AvgIpc) is 3.24. The molecule has 0 spiro atoms. The second kappa shape index (κ2) is 11.0. The minimum Gasteiger partial charge on any atom is -0.489 e.